The molecule has 2 heterocycles. The van der Waals surface area contributed by atoms with E-state index in [2.05, 4.69) is 5.32 Å². The van der Waals surface area contributed by atoms with E-state index in [-0.39, 0.29) is 12.1 Å². The highest BCUT2D eigenvalue weighted by atomic mass is 16.3. The molecule has 0 bridgehead atoms. The smallest absolute Gasteiger partial charge is 0.257 e. The topological polar surface area (TPSA) is 45.5 Å². The van der Waals surface area contributed by atoms with Gasteiger partial charge in [0.05, 0.1) is 11.8 Å². The minimum absolute atomic E-state index is 0.0354. The fourth-order valence-corrected chi connectivity index (χ4v) is 2.29. The van der Waals surface area contributed by atoms with E-state index >= 15 is 0 Å². The van der Waals surface area contributed by atoms with Gasteiger partial charge in [0, 0.05) is 12.2 Å². The molecule has 1 aromatic carbocycles. The average Bonchev–Trinajstić information content (AvgIpc) is 2.92. The maximum Gasteiger partial charge on any atom is 0.257 e. The van der Waals surface area contributed by atoms with Gasteiger partial charge in [-0.25, -0.2) is 0 Å². The number of benzene rings is 1. The Morgan fingerprint density at radius 3 is 2.83 bits per heavy atom. The van der Waals surface area contributed by atoms with Crippen molar-refractivity contribution in [2.45, 2.75) is 13.1 Å². The molecular weight excluding hydrogens is 228 g/mol. The fourth-order valence-electron chi connectivity index (χ4n) is 2.29. The van der Waals surface area contributed by atoms with Gasteiger partial charge in [0.25, 0.3) is 5.91 Å². The molecule has 1 aromatic heterocycles. The Bertz CT molecular complexity index is 563. The normalized spacial score (nSPS) is 18.4. The summed E-state index contributed by atoms with van der Waals surface area (Å²) in [4.78, 5) is 14.2. The van der Waals surface area contributed by atoms with Crippen molar-refractivity contribution in [3.63, 3.8) is 0 Å². The summed E-state index contributed by atoms with van der Waals surface area (Å²) in [6.45, 7) is 2.59. The van der Waals surface area contributed by atoms with Crippen LogP contribution in [-0.4, -0.2) is 17.4 Å². The molecule has 0 spiro atoms. The molecule has 4 nitrogen and oxygen atoms in total. The number of nitrogens with one attached hydrogen (secondary N) is 1. The molecule has 3 rings (SSSR count). The Morgan fingerprint density at radius 1 is 1.28 bits per heavy atom. The molecule has 18 heavy (non-hydrogen) atoms. The quantitative estimate of drug-likeness (QED) is 0.880. The number of hydrogen-bond acceptors (Lipinski definition) is 3. The molecule has 0 radical (unpaired) electrons. The third kappa shape index (κ3) is 1.57. The van der Waals surface area contributed by atoms with Gasteiger partial charge in [0.2, 0.25) is 0 Å². The van der Waals surface area contributed by atoms with Crippen LogP contribution in [0.15, 0.2) is 47.1 Å². The lowest BCUT2D eigenvalue weighted by molar-refractivity contribution is 0.0675. The van der Waals surface area contributed by atoms with Gasteiger partial charge < -0.3 is 14.6 Å². The van der Waals surface area contributed by atoms with Crippen LogP contribution in [0, 0.1) is 0 Å². The zero-order chi connectivity index (χ0) is 12.5. The lowest BCUT2D eigenvalue weighted by Crippen LogP contribution is -2.42. The third-order valence-electron chi connectivity index (χ3n) is 3.18. The second kappa shape index (κ2) is 4.22. The Labute approximate surface area is 105 Å². The van der Waals surface area contributed by atoms with Crippen molar-refractivity contribution in [3.8, 4) is 0 Å². The first-order chi connectivity index (χ1) is 8.81. The molecule has 2 aromatic rings. The predicted octanol–water partition coefficient (Wildman–Crippen LogP) is 2.87. The highest BCUT2D eigenvalue weighted by Gasteiger charge is 2.32. The number of hydrogen-bond donors (Lipinski definition) is 1. The predicted molar refractivity (Wildman–Crippen MR) is 68.2 cm³/mol. The first kappa shape index (κ1) is 10.9. The van der Waals surface area contributed by atoms with Crippen LogP contribution in [0.2, 0.25) is 0 Å². The number of rotatable bonds is 2. The van der Waals surface area contributed by atoms with Crippen LogP contribution in [0.4, 0.5) is 5.69 Å². The van der Waals surface area contributed by atoms with Crippen molar-refractivity contribution in [1.29, 1.82) is 0 Å². The number of nitrogens with zero attached hydrogens (tertiary/aromatic N) is 1. The van der Waals surface area contributed by atoms with Gasteiger partial charge in [-0.05, 0) is 31.2 Å². The van der Waals surface area contributed by atoms with E-state index in [0.717, 1.165) is 11.4 Å². The first-order valence-corrected chi connectivity index (χ1v) is 6.01. The summed E-state index contributed by atoms with van der Waals surface area (Å²) >= 11 is 0. The monoisotopic (exact) mass is 242 g/mol. The van der Waals surface area contributed by atoms with E-state index in [1.807, 2.05) is 43.3 Å². The number of fused-ring (bicyclic) bond motifs is 1. The van der Waals surface area contributed by atoms with Crippen LogP contribution in [-0.2, 0) is 0 Å². The number of anilines is 1. The lowest BCUT2D eigenvalue weighted by atomic mass is 10.1. The summed E-state index contributed by atoms with van der Waals surface area (Å²) < 4.78 is 5.41. The fraction of sp³-hybridized carbons (Fsp3) is 0.214. The van der Waals surface area contributed by atoms with Crippen molar-refractivity contribution >= 4 is 11.6 Å². The van der Waals surface area contributed by atoms with Crippen molar-refractivity contribution < 1.29 is 9.21 Å². The molecule has 1 atom stereocenters. The van der Waals surface area contributed by atoms with E-state index < -0.39 is 0 Å². The molecule has 1 amide bonds. The maximum absolute atomic E-state index is 12.4. The Morgan fingerprint density at radius 2 is 2.11 bits per heavy atom. The minimum atomic E-state index is -0.229. The average molecular weight is 242 g/mol. The Kier molecular flexibility index (Phi) is 2.55. The second-order valence-electron chi connectivity index (χ2n) is 4.20. The molecule has 0 saturated carbocycles. The molecular formula is C14H14N2O2. The molecule has 0 fully saturated rings. The van der Waals surface area contributed by atoms with Crippen LogP contribution in [0.5, 0.6) is 0 Å². The lowest BCUT2D eigenvalue weighted by Gasteiger charge is -2.35. The summed E-state index contributed by atoms with van der Waals surface area (Å²) in [7, 11) is 0. The molecule has 0 unspecified atom stereocenters. The van der Waals surface area contributed by atoms with Crippen molar-refractivity contribution in [1.82, 2.24) is 4.90 Å². The van der Waals surface area contributed by atoms with E-state index in [0.29, 0.717) is 12.1 Å². The number of carbonyl (C=O) groups is 1. The van der Waals surface area contributed by atoms with Crippen molar-refractivity contribution in [2.75, 3.05) is 11.9 Å². The van der Waals surface area contributed by atoms with Crippen LogP contribution < -0.4 is 5.32 Å². The van der Waals surface area contributed by atoms with E-state index in [1.54, 1.807) is 11.2 Å². The largest absolute Gasteiger partial charge is 0.465 e. The number of furan rings is 1. The summed E-state index contributed by atoms with van der Waals surface area (Å²) in [6.07, 6.45) is 1.39. The zero-order valence-electron chi connectivity index (χ0n) is 10.1. The van der Waals surface area contributed by atoms with Gasteiger partial charge >= 0.3 is 0 Å². The van der Waals surface area contributed by atoms with Gasteiger partial charge in [0.15, 0.2) is 6.17 Å². The molecule has 0 saturated heterocycles. The Hall–Kier alpha value is -2.23. The summed E-state index contributed by atoms with van der Waals surface area (Å²) in [5, 5.41) is 3.34. The van der Waals surface area contributed by atoms with Gasteiger partial charge in [-0.15, -0.1) is 0 Å². The van der Waals surface area contributed by atoms with Crippen molar-refractivity contribution in [2.24, 2.45) is 0 Å². The standard InChI is InChI=1S/C14H14N2O2/c1-2-16-13(12-8-5-9-18-12)15-11-7-4-3-6-10(11)14(16)17/h3-9,13,15H,2H2,1H3/t13-/m1/s1. The summed E-state index contributed by atoms with van der Waals surface area (Å²) in [5.41, 5.74) is 1.57. The molecule has 1 aliphatic rings. The van der Waals surface area contributed by atoms with Crippen LogP contribution >= 0.6 is 0 Å². The minimum Gasteiger partial charge on any atom is -0.465 e. The molecule has 1 aliphatic heterocycles. The molecule has 1 N–H and O–H groups in total. The second-order valence-corrected chi connectivity index (χ2v) is 4.20. The summed E-state index contributed by atoms with van der Waals surface area (Å²) in [6, 6.07) is 11.2. The van der Waals surface area contributed by atoms with Crippen LogP contribution in [0.1, 0.15) is 29.2 Å². The highest BCUT2D eigenvalue weighted by molar-refractivity contribution is 6.01. The van der Waals surface area contributed by atoms with Gasteiger partial charge in [-0.3, -0.25) is 4.79 Å². The molecule has 4 heteroatoms. The number of amides is 1. The third-order valence-corrected chi connectivity index (χ3v) is 3.18. The maximum atomic E-state index is 12.4. The van der Waals surface area contributed by atoms with E-state index in [9.17, 15) is 4.79 Å². The van der Waals surface area contributed by atoms with Gasteiger partial charge in [-0.2, -0.15) is 0 Å². The zero-order valence-corrected chi connectivity index (χ0v) is 10.1. The Balaban J connectivity index is 2.06. The number of carbonyl (C=O) groups excluding carboxylic acids is 1. The SMILES string of the molecule is CCN1C(=O)c2ccccc2N[C@H]1c1ccco1. The van der Waals surface area contributed by atoms with E-state index in [4.69, 9.17) is 4.42 Å². The summed E-state index contributed by atoms with van der Waals surface area (Å²) in [5.74, 6) is 0.785. The highest BCUT2D eigenvalue weighted by Crippen LogP contribution is 2.32. The van der Waals surface area contributed by atoms with E-state index in [1.165, 1.54) is 0 Å². The first-order valence-electron chi connectivity index (χ1n) is 6.01. The van der Waals surface area contributed by atoms with Gasteiger partial charge in [0.1, 0.15) is 5.76 Å². The molecule has 92 valence electrons. The van der Waals surface area contributed by atoms with Crippen LogP contribution in [0.3, 0.4) is 0 Å². The van der Waals surface area contributed by atoms with Crippen molar-refractivity contribution in [3.05, 3.63) is 54.0 Å². The van der Waals surface area contributed by atoms with Gasteiger partial charge in [-0.1, -0.05) is 12.1 Å². The molecule has 0 aliphatic carbocycles. The van der Waals surface area contributed by atoms with Crippen LogP contribution in [0.25, 0.3) is 0 Å². The number of para-hydroxylation sites is 1.